The van der Waals surface area contributed by atoms with E-state index in [1.807, 2.05) is 6.20 Å². The minimum Gasteiger partial charge on any atom is -0.508 e. The SMILES string of the molecule is CC(C)=CCC/C(C)=C/COCc1cn(-c2ccc(O)cc2)nn1. The van der Waals surface area contributed by atoms with Crippen molar-refractivity contribution in [2.24, 2.45) is 0 Å². The highest BCUT2D eigenvalue weighted by Gasteiger charge is 2.03. The van der Waals surface area contributed by atoms with E-state index in [0.717, 1.165) is 24.2 Å². The number of benzene rings is 1. The Kier molecular flexibility index (Phi) is 6.75. The molecule has 0 atom stereocenters. The number of hydrogen-bond donors (Lipinski definition) is 1. The maximum absolute atomic E-state index is 9.30. The average molecular weight is 327 g/mol. The molecule has 0 amide bonds. The number of allylic oxidation sites excluding steroid dienone is 3. The van der Waals surface area contributed by atoms with Gasteiger partial charge >= 0.3 is 0 Å². The first kappa shape index (κ1) is 17.9. The Morgan fingerprint density at radius 2 is 1.92 bits per heavy atom. The van der Waals surface area contributed by atoms with Crippen LogP contribution in [-0.4, -0.2) is 26.7 Å². The van der Waals surface area contributed by atoms with Gasteiger partial charge in [0.05, 0.1) is 25.1 Å². The maximum Gasteiger partial charge on any atom is 0.115 e. The van der Waals surface area contributed by atoms with Crippen molar-refractivity contribution < 1.29 is 9.84 Å². The van der Waals surface area contributed by atoms with Crippen LogP contribution in [0.15, 0.2) is 53.8 Å². The Bertz CT molecular complexity index is 696. The molecule has 0 bridgehead atoms. The molecular weight excluding hydrogens is 302 g/mol. The van der Waals surface area contributed by atoms with E-state index in [9.17, 15) is 5.11 Å². The Hall–Kier alpha value is -2.40. The lowest BCUT2D eigenvalue weighted by Crippen LogP contribution is -1.94. The zero-order valence-corrected chi connectivity index (χ0v) is 14.6. The van der Waals surface area contributed by atoms with Crippen LogP contribution in [0.3, 0.4) is 0 Å². The highest BCUT2D eigenvalue weighted by atomic mass is 16.5. The minimum absolute atomic E-state index is 0.231. The number of ether oxygens (including phenoxy) is 1. The number of aromatic nitrogens is 3. The van der Waals surface area contributed by atoms with Crippen molar-refractivity contribution in [1.29, 1.82) is 0 Å². The van der Waals surface area contributed by atoms with Gasteiger partial charge in [0.1, 0.15) is 11.4 Å². The Morgan fingerprint density at radius 3 is 2.62 bits per heavy atom. The molecule has 2 rings (SSSR count). The second-order valence-electron chi connectivity index (χ2n) is 6.06. The second-order valence-corrected chi connectivity index (χ2v) is 6.06. The number of phenols is 1. The molecule has 1 N–H and O–H groups in total. The summed E-state index contributed by atoms with van der Waals surface area (Å²) in [4.78, 5) is 0. The first-order valence-corrected chi connectivity index (χ1v) is 8.12. The summed E-state index contributed by atoms with van der Waals surface area (Å²) < 4.78 is 7.30. The van der Waals surface area contributed by atoms with Crippen molar-refractivity contribution in [3.05, 3.63) is 59.5 Å². The number of nitrogens with zero attached hydrogens (tertiary/aromatic N) is 3. The van der Waals surface area contributed by atoms with Crippen molar-refractivity contribution in [3.8, 4) is 11.4 Å². The van der Waals surface area contributed by atoms with Gasteiger partial charge in [0.15, 0.2) is 0 Å². The summed E-state index contributed by atoms with van der Waals surface area (Å²) in [6, 6.07) is 6.81. The summed E-state index contributed by atoms with van der Waals surface area (Å²) in [7, 11) is 0. The predicted octanol–water partition coefficient (Wildman–Crippen LogP) is 4.18. The van der Waals surface area contributed by atoms with E-state index in [0.29, 0.717) is 13.2 Å². The predicted molar refractivity (Wildman–Crippen MR) is 95.1 cm³/mol. The molecule has 1 aromatic heterocycles. The van der Waals surface area contributed by atoms with Gasteiger partial charge in [-0.05, 0) is 57.9 Å². The van der Waals surface area contributed by atoms with E-state index >= 15 is 0 Å². The molecule has 0 unspecified atom stereocenters. The molecule has 128 valence electrons. The molecular formula is C19H25N3O2. The fourth-order valence-electron chi connectivity index (χ4n) is 2.15. The van der Waals surface area contributed by atoms with Crippen molar-refractivity contribution in [3.63, 3.8) is 0 Å². The van der Waals surface area contributed by atoms with Crippen molar-refractivity contribution in [2.75, 3.05) is 6.61 Å². The third-order valence-electron chi connectivity index (χ3n) is 3.55. The number of phenolic OH excluding ortho intramolecular Hbond substituents is 1. The van der Waals surface area contributed by atoms with Gasteiger partial charge in [-0.25, -0.2) is 4.68 Å². The monoisotopic (exact) mass is 327 g/mol. The van der Waals surface area contributed by atoms with E-state index < -0.39 is 0 Å². The maximum atomic E-state index is 9.30. The van der Waals surface area contributed by atoms with Crippen LogP contribution in [0.5, 0.6) is 5.75 Å². The van der Waals surface area contributed by atoms with Gasteiger partial charge in [0.2, 0.25) is 0 Å². The van der Waals surface area contributed by atoms with Crippen LogP contribution < -0.4 is 0 Å². The van der Waals surface area contributed by atoms with Gasteiger partial charge in [0.25, 0.3) is 0 Å². The van der Waals surface area contributed by atoms with Gasteiger partial charge in [-0.2, -0.15) is 0 Å². The van der Waals surface area contributed by atoms with Crippen molar-refractivity contribution >= 4 is 0 Å². The summed E-state index contributed by atoms with van der Waals surface area (Å²) in [6.45, 7) is 7.37. The van der Waals surface area contributed by atoms with Crippen LogP contribution in [0.2, 0.25) is 0 Å². The molecule has 5 heteroatoms. The highest BCUT2D eigenvalue weighted by Crippen LogP contribution is 2.13. The van der Waals surface area contributed by atoms with E-state index in [2.05, 4.69) is 43.2 Å². The fourth-order valence-corrected chi connectivity index (χ4v) is 2.15. The summed E-state index contributed by atoms with van der Waals surface area (Å²) in [5.74, 6) is 0.231. The molecule has 5 nitrogen and oxygen atoms in total. The van der Waals surface area contributed by atoms with Crippen LogP contribution in [0.25, 0.3) is 5.69 Å². The molecule has 0 fully saturated rings. The summed E-state index contributed by atoms with van der Waals surface area (Å²) >= 11 is 0. The summed E-state index contributed by atoms with van der Waals surface area (Å²) in [5.41, 5.74) is 4.32. The molecule has 0 saturated carbocycles. The van der Waals surface area contributed by atoms with Crippen LogP contribution in [0.4, 0.5) is 0 Å². The van der Waals surface area contributed by atoms with Crippen LogP contribution in [0.1, 0.15) is 39.3 Å². The Labute approximate surface area is 143 Å². The normalized spacial score (nSPS) is 11.5. The molecule has 0 aliphatic carbocycles. The molecule has 0 radical (unpaired) electrons. The van der Waals surface area contributed by atoms with Crippen molar-refractivity contribution in [1.82, 2.24) is 15.0 Å². The lowest BCUT2D eigenvalue weighted by atomic mass is 10.1. The standard InChI is InChI=1S/C19H25N3O2/c1-15(2)5-4-6-16(3)11-12-24-14-17-13-22(21-20-17)18-7-9-19(23)10-8-18/h5,7-11,13,23H,4,6,12,14H2,1-3H3/b16-11+. The zero-order valence-electron chi connectivity index (χ0n) is 14.6. The van der Waals surface area contributed by atoms with Gasteiger partial charge in [-0.3, -0.25) is 0 Å². The third-order valence-corrected chi connectivity index (χ3v) is 3.55. The molecule has 1 aromatic carbocycles. The fraction of sp³-hybridized carbons (Fsp3) is 0.368. The Balaban J connectivity index is 1.77. The summed E-state index contributed by atoms with van der Waals surface area (Å²) in [5, 5.41) is 17.5. The molecule has 2 aromatic rings. The molecule has 0 aliphatic rings. The number of hydrogen-bond acceptors (Lipinski definition) is 4. The van der Waals surface area contributed by atoms with Crippen molar-refractivity contribution in [2.45, 2.75) is 40.2 Å². The minimum atomic E-state index is 0.231. The van der Waals surface area contributed by atoms with E-state index in [4.69, 9.17) is 4.74 Å². The lowest BCUT2D eigenvalue weighted by molar-refractivity contribution is 0.145. The first-order valence-electron chi connectivity index (χ1n) is 8.12. The lowest BCUT2D eigenvalue weighted by Gasteiger charge is -2.01. The largest absolute Gasteiger partial charge is 0.508 e. The third kappa shape index (κ3) is 6.01. The van der Waals surface area contributed by atoms with Crippen LogP contribution in [0, 0.1) is 0 Å². The van der Waals surface area contributed by atoms with Crippen LogP contribution in [-0.2, 0) is 11.3 Å². The van der Waals surface area contributed by atoms with E-state index in [1.54, 1.807) is 28.9 Å². The topological polar surface area (TPSA) is 60.2 Å². The molecule has 0 aliphatic heterocycles. The molecule has 0 saturated heterocycles. The number of aromatic hydroxyl groups is 1. The molecule has 0 spiro atoms. The first-order chi connectivity index (χ1) is 11.5. The van der Waals surface area contributed by atoms with Gasteiger partial charge in [-0.1, -0.05) is 28.5 Å². The van der Waals surface area contributed by atoms with E-state index in [1.165, 1.54) is 11.1 Å². The van der Waals surface area contributed by atoms with Crippen LogP contribution >= 0.6 is 0 Å². The average Bonchev–Trinajstić information content (AvgIpc) is 3.01. The highest BCUT2D eigenvalue weighted by molar-refractivity contribution is 5.35. The number of rotatable bonds is 8. The summed E-state index contributed by atoms with van der Waals surface area (Å²) in [6.07, 6.45) is 8.33. The quantitative estimate of drug-likeness (QED) is 0.583. The van der Waals surface area contributed by atoms with E-state index in [-0.39, 0.29) is 5.75 Å². The molecule has 24 heavy (non-hydrogen) atoms. The Morgan fingerprint density at radius 1 is 1.17 bits per heavy atom. The van der Waals surface area contributed by atoms with Gasteiger partial charge in [-0.15, -0.1) is 5.10 Å². The zero-order chi connectivity index (χ0) is 17.4. The van der Waals surface area contributed by atoms with Gasteiger partial charge < -0.3 is 9.84 Å². The molecule has 1 heterocycles. The van der Waals surface area contributed by atoms with Gasteiger partial charge in [0, 0.05) is 0 Å². The second kappa shape index (κ2) is 9.03. The smallest absolute Gasteiger partial charge is 0.115 e.